The molecule has 2 aromatic rings. The van der Waals surface area contributed by atoms with Gasteiger partial charge in [-0.3, -0.25) is 14.5 Å². The van der Waals surface area contributed by atoms with E-state index >= 15 is 0 Å². The third-order valence-electron chi connectivity index (χ3n) is 4.48. The molecule has 140 valence electrons. The quantitative estimate of drug-likeness (QED) is 0.760. The highest BCUT2D eigenvalue weighted by Crippen LogP contribution is 2.33. The summed E-state index contributed by atoms with van der Waals surface area (Å²) < 4.78 is 0. The van der Waals surface area contributed by atoms with E-state index in [0.717, 1.165) is 10.5 Å². The lowest BCUT2D eigenvalue weighted by molar-refractivity contribution is -0.133. The number of carbonyl (C=O) groups is 3. The minimum atomic E-state index is -1.22. The fourth-order valence-corrected chi connectivity index (χ4v) is 3.37. The zero-order valence-corrected chi connectivity index (χ0v) is 16.2. The van der Waals surface area contributed by atoms with Crippen molar-refractivity contribution in [2.75, 3.05) is 11.9 Å². The summed E-state index contributed by atoms with van der Waals surface area (Å²) in [5.74, 6) is -1.08. The van der Waals surface area contributed by atoms with Gasteiger partial charge in [0.2, 0.25) is 5.91 Å². The first-order valence-corrected chi connectivity index (χ1v) is 8.93. The monoisotopic (exact) mass is 405 g/mol. The van der Waals surface area contributed by atoms with Gasteiger partial charge in [0.05, 0.1) is 15.7 Å². The van der Waals surface area contributed by atoms with Gasteiger partial charge in [-0.15, -0.1) is 0 Å². The van der Waals surface area contributed by atoms with Gasteiger partial charge in [-0.25, -0.2) is 4.79 Å². The lowest BCUT2D eigenvalue weighted by Crippen LogP contribution is -2.42. The molecule has 0 bridgehead atoms. The second-order valence-electron chi connectivity index (χ2n) is 6.41. The predicted octanol–water partition coefficient (Wildman–Crippen LogP) is 3.71. The first kappa shape index (κ1) is 19.2. The molecule has 0 unspecified atom stereocenters. The third-order valence-corrected chi connectivity index (χ3v) is 5.28. The van der Waals surface area contributed by atoms with Gasteiger partial charge in [0.15, 0.2) is 0 Å². The lowest BCUT2D eigenvalue weighted by atomic mass is 9.92. The second kappa shape index (κ2) is 7.21. The molecule has 0 saturated carbocycles. The highest BCUT2D eigenvalue weighted by molar-refractivity contribution is 6.40. The largest absolute Gasteiger partial charge is 0.325 e. The molecule has 3 rings (SSSR count). The van der Waals surface area contributed by atoms with Gasteiger partial charge in [-0.05, 0) is 31.0 Å². The van der Waals surface area contributed by atoms with Crippen LogP contribution < -0.4 is 10.6 Å². The summed E-state index contributed by atoms with van der Waals surface area (Å²) in [5.41, 5.74) is 0.400. The van der Waals surface area contributed by atoms with Crippen molar-refractivity contribution >= 4 is 46.7 Å². The van der Waals surface area contributed by atoms with Crippen molar-refractivity contribution in [3.63, 3.8) is 0 Å². The van der Waals surface area contributed by atoms with E-state index < -0.39 is 29.9 Å². The summed E-state index contributed by atoms with van der Waals surface area (Å²) in [6.07, 6.45) is 0. The molecule has 1 saturated heterocycles. The molecule has 27 heavy (non-hydrogen) atoms. The lowest BCUT2D eigenvalue weighted by Gasteiger charge is -2.22. The topological polar surface area (TPSA) is 78.5 Å². The zero-order valence-electron chi connectivity index (χ0n) is 14.7. The molecule has 0 radical (unpaired) electrons. The Balaban J connectivity index is 1.78. The van der Waals surface area contributed by atoms with Crippen molar-refractivity contribution < 1.29 is 14.4 Å². The van der Waals surface area contributed by atoms with Gasteiger partial charge < -0.3 is 10.6 Å². The van der Waals surface area contributed by atoms with Crippen molar-refractivity contribution in [2.24, 2.45) is 0 Å². The van der Waals surface area contributed by atoms with Crippen LogP contribution in [0.15, 0.2) is 42.5 Å². The van der Waals surface area contributed by atoms with E-state index in [1.165, 1.54) is 0 Å². The number of benzene rings is 2. The first-order valence-electron chi connectivity index (χ1n) is 8.18. The molecule has 0 aromatic heterocycles. The maximum Gasteiger partial charge on any atom is 0.325 e. The molecular formula is C19H17Cl2N3O3. The van der Waals surface area contributed by atoms with E-state index in [-0.39, 0.29) is 10.7 Å². The molecule has 1 aliphatic heterocycles. The smallest absolute Gasteiger partial charge is 0.322 e. The number of hydrogen-bond acceptors (Lipinski definition) is 3. The number of urea groups is 1. The number of aryl methyl sites for hydroxylation is 1. The van der Waals surface area contributed by atoms with Gasteiger partial charge in [-0.1, -0.05) is 59.6 Å². The van der Waals surface area contributed by atoms with Crippen LogP contribution in [0.4, 0.5) is 10.5 Å². The van der Waals surface area contributed by atoms with Crippen LogP contribution in [0.2, 0.25) is 10.0 Å². The molecule has 1 aliphatic rings. The first-order chi connectivity index (χ1) is 12.7. The molecule has 4 amide bonds. The summed E-state index contributed by atoms with van der Waals surface area (Å²) >= 11 is 12.3. The van der Waals surface area contributed by atoms with Crippen LogP contribution in [-0.2, 0) is 15.1 Å². The fraction of sp³-hybridized carbons (Fsp3) is 0.211. The van der Waals surface area contributed by atoms with Gasteiger partial charge in [0, 0.05) is 0 Å². The van der Waals surface area contributed by atoms with Crippen LogP contribution in [0.25, 0.3) is 0 Å². The van der Waals surface area contributed by atoms with Crippen LogP contribution in [0.1, 0.15) is 18.1 Å². The maximum atomic E-state index is 12.8. The number of rotatable bonds is 4. The summed E-state index contributed by atoms with van der Waals surface area (Å²) in [6, 6.07) is 11.6. The van der Waals surface area contributed by atoms with Gasteiger partial charge in [-0.2, -0.15) is 0 Å². The van der Waals surface area contributed by atoms with Crippen LogP contribution >= 0.6 is 23.2 Å². The third kappa shape index (κ3) is 3.50. The molecule has 0 aliphatic carbocycles. The van der Waals surface area contributed by atoms with Gasteiger partial charge in [0.25, 0.3) is 5.91 Å². The van der Waals surface area contributed by atoms with Crippen molar-refractivity contribution in [1.29, 1.82) is 0 Å². The van der Waals surface area contributed by atoms with E-state index in [2.05, 4.69) is 10.6 Å². The van der Waals surface area contributed by atoms with E-state index in [0.29, 0.717) is 10.6 Å². The number of hydrogen-bond donors (Lipinski definition) is 2. The van der Waals surface area contributed by atoms with Crippen molar-refractivity contribution in [1.82, 2.24) is 10.2 Å². The van der Waals surface area contributed by atoms with Crippen LogP contribution in [-0.4, -0.2) is 29.3 Å². The Kier molecular flexibility index (Phi) is 5.13. The van der Waals surface area contributed by atoms with Crippen LogP contribution in [0.3, 0.4) is 0 Å². The van der Waals surface area contributed by atoms with Gasteiger partial charge >= 0.3 is 6.03 Å². The standard InChI is InChI=1S/C19H17Cl2N3O3/c1-11-8-9-13(20)16(15(11)21)22-14(25)10-24-17(26)19(2,23-18(24)27)12-6-4-3-5-7-12/h3-9H,10H2,1-2H3,(H,22,25)(H,23,27)/t19-/m1/s1. The van der Waals surface area contributed by atoms with E-state index in [4.69, 9.17) is 23.2 Å². The number of nitrogens with zero attached hydrogens (tertiary/aromatic N) is 1. The normalized spacial score (nSPS) is 19.2. The van der Waals surface area contributed by atoms with Crippen molar-refractivity contribution in [3.05, 3.63) is 63.6 Å². The second-order valence-corrected chi connectivity index (χ2v) is 7.20. The van der Waals surface area contributed by atoms with E-state index in [1.807, 2.05) is 6.07 Å². The minimum Gasteiger partial charge on any atom is -0.322 e. The molecule has 1 heterocycles. The minimum absolute atomic E-state index is 0.251. The Morgan fingerprint density at radius 2 is 1.81 bits per heavy atom. The summed E-state index contributed by atoms with van der Waals surface area (Å²) in [6.45, 7) is 2.93. The molecular weight excluding hydrogens is 389 g/mol. The molecule has 2 N–H and O–H groups in total. The highest BCUT2D eigenvalue weighted by atomic mass is 35.5. The molecule has 6 nitrogen and oxygen atoms in total. The van der Waals surface area contributed by atoms with Gasteiger partial charge in [0.1, 0.15) is 12.1 Å². The average molecular weight is 406 g/mol. The van der Waals surface area contributed by atoms with Crippen LogP contribution in [0, 0.1) is 6.92 Å². The summed E-state index contributed by atoms with van der Waals surface area (Å²) in [4.78, 5) is 38.4. The molecule has 1 fully saturated rings. The van der Waals surface area contributed by atoms with E-state index in [1.54, 1.807) is 50.2 Å². The van der Waals surface area contributed by atoms with Crippen molar-refractivity contribution in [3.8, 4) is 0 Å². The van der Waals surface area contributed by atoms with E-state index in [9.17, 15) is 14.4 Å². The number of nitrogens with one attached hydrogen (secondary N) is 2. The predicted molar refractivity (Wildman–Crippen MR) is 104 cm³/mol. The Labute approximate surface area is 166 Å². The van der Waals surface area contributed by atoms with Crippen LogP contribution in [0.5, 0.6) is 0 Å². The number of anilines is 1. The Morgan fingerprint density at radius 1 is 1.15 bits per heavy atom. The Bertz CT molecular complexity index is 933. The molecule has 0 spiro atoms. The molecule has 1 atom stereocenters. The fourth-order valence-electron chi connectivity index (χ4n) is 2.90. The number of amides is 4. The SMILES string of the molecule is Cc1ccc(Cl)c(NC(=O)CN2C(=O)N[C@](C)(c3ccccc3)C2=O)c1Cl. The number of halogens is 2. The highest BCUT2D eigenvalue weighted by Gasteiger charge is 2.49. The zero-order chi connectivity index (χ0) is 19.8. The number of imide groups is 1. The molecule has 8 heteroatoms. The molecule has 2 aromatic carbocycles. The maximum absolute atomic E-state index is 12.8. The Morgan fingerprint density at radius 3 is 2.48 bits per heavy atom. The summed E-state index contributed by atoms with van der Waals surface area (Å²) in [7, 11) is 0. The number of carbonyl (C=O) groups excluding carboxylic acids is 3. The average Bonchev–Trinajstić information content (AvgIpc) is 2.87. The van der Waals surface area contributed by atoms with Crippen molar-refractivity contribution in [2.45, 2.75) is 19.4 Å². The summed E-state index contributed by atoms with van der Waals surface area (Å²) in [5, 5.41) is 5.81. The Hall–Kier alpha value is -2.57.